The summed E-state index contributed by atoms with van der Waals surface area (Å²) < 4.78 is 5.33. The Labute approximate surface area is 189 Å². The van der Waals surface area contributed by atoms with Crippen LogP contribution in [0.15, 0.2) is 78.9 Å². The van der Waals surface area contributed by atoms with Gasteiger partial charge in [0, 0.05) is 43.9 Å². The minimum atomic E-state index is -0.427. The highest BCUT2D eigenvalue weighted by molar-refractivity contribution is 6.12. The van der Waals surface area contributed by atoms with Gasteiger partial charge in [0.2, 0.25) is 0 Å². The minimum Gasteiger partial charge on any atom is -0.497 e. The monoisotopic (exact) mass is 427 g/mol. The molecular formula is C27H29N3O2. The molecule has 0 unspecified atom stereocenters. The summed E-state index contributed by atoms with van der Waals surface area (Å²) in [4.78, 5) is 18.2. The van der Waals surface area contributed by atoms with E-state index in [1.165, 1.54) is 5.56 Å². The summed E-state index contributed by atoms with van der Waals surface area (Å²) in [6.45, 7) is 2.93. The van der Waals surface area contributed by atoms with Gasteiger partial charge in [0.1, 0.15) is 11.4 Å². The van der Waals surface area contributed by atoms with E-state index in [1.807, 2.05) is 53.4 Å². The van der Waals surface area contributed by atoms with E-state index in [-0.39, 0.29) is 5.91 Å². The molecule has 2 aliphatic heterocycles. The van der Waals surface area contributed by atoms with E-state index in [2.05, 4.69) is 40.5 Å². The van der Waals surface area contributed by atoms with Crippen molar-refractivity contribution in [2.24, 2.45) is 0 Å². The second-order valence-corrected chi connectivity index (χ2v) is 8.62. The van der Waals surface area contributed by atoms with Gasteiger partial charge in [-0.2, -0.15) is 0 Å². The van der Waals surface area contributed by atoms with Gasteiger partial charge in [-0.15, -0.1) is 0 Å². The van der Waals surface area contributed by atoms with Crippen LogP contribution in [0.5, 0.6) is 5.75 Å². The molecule has 0 atom stereocenters. The Morgan fingerprint density at radius 1 is 0.906 bits per heavy atom. The molecule has 164 valence electrons. The van der Waals surface area contributed by atoms with Crippen molar-refractivity contribution >= 4 is 17.3 Å². The van der Waals surface area contributed by atoms with E-state index in [1.54, 1.807) is 7.11 Å². The number of amides is 1. The molecule has 1 fully saturated rings. The van der Waals surface area contributed by atoms with Gasteiger partial charge in [-0.05, 0) is 48.4 Å². The van der Waals surface area contributed by atoms with Gasteiger partial charge < -0.3 is 15.0 Å². The lowest BCUT2D eigenvalue weighted by molar-refractivity contribution is 0.0909. The molecule has 0 saturated carbocycles. The quantitative estimate of drug-likeness (QED) is 0.635. The fourth-order valence-corrected chi connectivity index (χ4v) is 4.92. The third kappa shape index (κ3) is 3.84. The fourth-order valence-electron chi connectivity index (χ4n) is 4.92. The first-order valence-electron chi connectivity index (χ1n) is 11.3. The molecular weight excluding hydrogens is 398 g/mol. The lowest BCUT2D eigenvalue weighted by Gasteiger charge is -2.52. The number of methoxy groups -OCH3 is 1. The molecule has 3 aromatic carbocycles. The number of nitrogens with zero attached hydrogens (tertiary/aromatic N) is 2. The molecule has 1 spiro atoms. The molecule has 3 aromatic rings. The summed E-state index contributed by atoms with van der Waals surface area (Å²) in [6, 6.07) is 26.3. The zero-order chi connectivity index (χ0) is 22.0. The van der Waals surface area contributed by atoms with Crippen molar-refractivity contribution in [3.8, 4) is 5.75 Å². The number of benzene rings is 3. The first kappa shape index (κ1) is 20.6. The number of hydrogen-bond acceptors (Lipinski definition) is 4. The van der Waals surface area contributed by atoms with Crippen molar-refractivity contribution in [2.75, 3.05) is 37.0 Å². The summed E-state index contributed by atoms with van der Waals surface area (Å²) in [5, 5.41) is 3.76. The normalized spacial score (nSPS) is 17.7. The molecule has 0 radical (unpaired) electrons. The summed E-state index contributed by atoms with van der Waals surface area (Å²) in [7, 11) is 1.66. The van der Waals surface area contributed by atoms with Crippen LogP contribution in [-0.4, -0.2) is 43.2 Å². The van der Waals surface area contributed by atoms with E-state index in [4.69, 9.17) is 4.74 Å². The predicted molar refractivity (Wildman–Crippen MR) is 128 cm³/mol. The molecule has 0 bridgehead atoms. The third-order valence-electron chi connectivity index (χ3n) is 6.73. The van der Waals surface area contributed by atoms with Crippen LogP contribution in [0.4, 0.5) is 11.4 Å². The Kier molecular flexibility index (Phi) is 5.58. The molecule has 2 aliphatic rings. The molecule has 5 heteroatoms. The van der Waals surface area contributed by atoms with Crippen LogP contribution >= 0.6 is 0 Å². The molecule has 1 saturated heterocycles. The molecule has 1 amide bonds. The number of fused-ring (bicyclic) bond motifs is 1. The molecule has 32 heavy (non-hydrogen) atoms. The fraction of sp³-hybridized carbons (Fsp3) is 0.296. The number of nitrogens with one attached hydrogen (secondary N) is 1. The largest absolute Gasteiger partial charge is 0.497 e. The van der Waals surface area contributed by atoms with E-state index in [9.17, 15) is 4.79 Å². The molecule has 0 aliphatic carbocycles. The Morgan fingerprint density at radius 3 is 2.31 bits per heavy atom. The molecule has 2 heterocycles. The Balaban J connectivity index is 1.39. The zero-order valence-electron chi connectivity index (χ0n) is 18.5. The summed E-state index contributed by atoms with van der Waals surface area (Å²) in [5.74, 6) is 0.846. The number of hydrogen-bond donors (Lipinski definition) is 1. The number of para-hydroxylation sites is 1. The summed E-state index contributed by atoms with van der Waals surface area (Å²) >= 11 is 0. The number of carbonyl (C=O) groups is 1. The maximum Gasteiger partial charge on any atom is 0.262 e. The number of ether oxygens (including phenoxy) is 1. The summed E-state index contributed by atoms with van der Waals surface area (Å²) in [6.07, 6.45) is 2.78. The van der Waals surface area contributed by atoms with Crippen LogP contribution in [-0.2, 0) is 6.42 Å². The van der Waals surface area contributed by atoms with E-state index >= 15 is 0 Å². The SMILES string of the molecule is COc1ccc(N2C(=O)c3ccccc3NC23CCN(CCc2ccccc2)CC3)cc1. The summed E-state index contributed by atoms with van der Waals surface area (Å²) in [5.41, 5.74) is 3.49. The minimum absolute atomic E-state index is 0.0576. The third-order valence-corrected chi connectivity index (χ3v) is 6.73. The van der Waals surface area contributed by atoms with Gasteiger partial charge >= 0.3 is 0 Å². The van der Waals surface area contributed by atoms with E-state index < -0.39 is 5.66 Å². The second-order valence-electron chi connectivity index (χ2n) is 8.62. The van der Waals surface area contributed by atoms with Crippen LogP contribution < -0.4 is 15.0 Å². The highest BCUT2D eigenvalue weighted by Gasteiger charge is 2.47. The second kappa shape index (κ2) is 8.67. The number of piperidine rings is 1. The number of carbonyl (C=O) groups excluding carboxylic acids is 1. The van der Waals surface area contributed by atoms with Gasteiger partial charge in [-0.25, -0.2) is 0 Å². The maximum atomic E-state index is 13.7. The maximum absolute atomic E-state index is 13.7. The predicted octanol–water partition coefficient (Wildman–Crippen LogP) is 4.80. The average Bonchev–Trinajstić information content (AvgIpc) is 2.85. The van der Waals surface area contributed by atoms with E-state index in [0.29, 0.717) is 0 Å². The molecule has 0 aromatic heterocycles. The first-order chi connectivity index (χ1) is 15.7. The Hall–Kier alpha value is -3.31. The van der Waals surface area contributed by atoms with E-state index in [0.717, 1.165) is 61.6 Å². The smallest absolute Gasteiger partial charge is 0.262 e. The number of likely N-dealkylation sites (tertiary alicyclic amines) is 1. The number of anilines is 2. The lowest BCUT2D eigenvalue weighted by Crippen LogP contribution is -2.64. The van der Waals surface area contributed by atoms with Crippen molar-refractivity contribution in [1.29, 1.82) is 0 Å². The van der Waals surface area contributed by atoms with Gasteiger partial charge in [0.25, 0.3) is 5.91 Å². The van der Waals surface area contributed by atoms with Gasteiger partial charge in [0.15, 0.2) is 0 Å². The van der Waals surface area contributed by atoms with Crippen molar-refractivity contribution in [1.82, 2.24) is 4.90 Å². The van der Waals surface area contributed by atoms with Crippen molar-refractivity contribution < 1.29 is 9.53 Å². The van der Waals surface area contributed by atoms with Gasteiger partial charge in [0.05, 0.1) is 12.7 Å². The zero-order valence-corrected chi connectivity index (χ0v) is 18.5. The average molecular weight is 428 g/mol. The first-order valence-corrected chi connectivity index (χ1v) is 11.3. The van der Waals surface area contributed by atoms with Crippen LogP contribution in [0.2, 0.25) is 0 Å². The van der Waals surface area contributed by atoms with Crippen LogP contribution in [0.1, 0.15) is 28.8 Å². The standard InChI is InChI=1S/C27H29N3O2/c1-32-23-13-11-22(12-14-23)30-26(31)24-9-5-6-10-25(24)28-27(30)16-19-29(20-17-27)18-15-21-7-3-2-4-8-21/h2-14,28H,15-20H2,1H3. The Bertz CT molecular complexity index is 1070. The van der Waals surface area contributed by atoms with Crippen molar-refractivity contribution in [3.05, 3.63) is 90.0 Å². The highest BCUT2D eigenvalue weighted by atomic mass is 16.5. The molecule has 5 nitrogen and oxygen atoms in total. The van der Waals surface area contributed by atoms with Crippen molar-refractivity contribution in [3.63, 3.8) is 0 Å². The van der Waals surface area contributed by atoms with Crippen LogP contribution in [0, 0.1) is 0 Å². The Morgan fingerprint density at radius 2 is 1.59 bits per heavy atom. The molecule has 1 N–H and O–H groups in total. The number of rotatable bonds is 5. The lowest BCUT2D eigenvalue weighted by atomic mass is 9.89. The van der Waals surface area contributed by atoms with Gasteiger partial charge in [-0.1, -0.05) is 42.5 Å². The topological polar surface area (TPSA) is 44.8 Å². The highest BCUT2D eigenvalue weighted by Crippen LogP contribution is 2.41. The van der Waals surface area contributed by atoms with Crippen LogP contribution in [0.3, 0.4) is 0 Å². The molecule has 5 rings (SSSR count). The van der Waals surface area contributed by atoms with Gasteiger partial charge in [-0.3, -0.25) is 9.69 Å². The van der Waals surface area contributed by atoms with Crippen LogP contribution in [0.25, 0.3) is 0 Å². The van der Waals surface area contributed by atoms with Crippen molar-refractivity contribution in [2.45, 2.75) is 24.9 Å².